The molecule has 0 radical (unpaired) electrons. The smallest absolute Gasteiger partial charge is 0.224 e. The van der Waals surface area contributed by atoms with Gasteiger partial charge in [-0.05, 0) is 24.1 Å². The summed E-state index contributed by atoms with van der Waals surface area (Å²) in [6.07, 6.45) is 0.614. The fourth-order valence-corrected chi connectivity index (χ4v) is 1.51. The van der Waals surface area contributed by atoms with E-state index in [0.29, 0.717) is 19.5 Å². The summed E-state index contributed by atoms with van der Waals surface area (Å²) in [4.78, 5) is 11.4. The Morgan fingerprint density at radius 3 is 2.88 bits per heavy atom. The van der Waals surface area contributed by atoms with Gasteiger partial charge in [-0.2, -0.15) is 0 Å². The van der Waals surface area contributed by atoms with E-state index in [0.717, 1.165) is 5.56 Å². The van der Waals surface area contributed by atoms with Crippen molar-refractivity contribution < 1.29 is 9.18 Å². The first kappa shape index (κ1) is 13.9. The molecule has 1 rings (SSSR count). The number of nitrogens with two attached hydrogens (primary N) is 1. The van der Waals surface area contributed by atoms with Crippen LogP contribution in [0.25, 0.3) is 0 Å². The van der Waals surface area contributed by atoms with E-state index in [9.17, 15) is 9.18 Å². The molecule has 1 aromatic carbocycles. The van der Waals surface area contributed by atoms with Gasteiger partial charge < -0.3 is 11.1 Å². The highest BCUT2D eigenvalue weighted by Gasteiger charge is 2.09. The Hall–Kier alpha value is -1.13. The van der Waals surface area contributed by atoms with Crippen molar-refractivity contribution in [3.8, 4) is 0 Å². The van der Waals surface area contributed by atoms with Gasteiger partial charge in [0.25, 0.3) is 0 Å². The Bertz CT molecular complexity index is 398. The summed E-state index contributed by atoms with van der Waals surface area (Å²) in [5.41, 5.74) is 6.26. The highest BCUT2D eigenvalue weighted by Crippen LogP contribution is 2.16. The molecule has 1 atom stereocenters. The molecule has 0 saturated heterocycles. The SMILES string of the molecule is CC(CN)C(=O)NCCc1ccc(F)c(Cl)c1. The largest absolute Gasteiger partial charge is 0.355 e. The first-order chi connectivity index (χ1) is 8.04. The molecular weight excluding hydrogens is 243 g/mol. The topological polar surface area (TPSA) is 55.1 Å². The fourth-order valence-electron chi connectivity index (χ4n) is 1.31. The number of carbonyl (C=O) groups is 1. The van der Waals surface area contributed by atoms with Crippen LogP contribution in [0.4, 0.5) is 4.39 Å². The first-order valence-corrected chi connectivity index (χ1v) is 5.84. The maximum atomic E-state index is 12.9. The molecule has 0 aliphatic heterocycles. The Morgan fingerprint density at radius 2 is 2.29 bits per heavy atom. The van der Waals surface area contributed by atoms with Crippen molar-refractivity contribution in [3.05, 3.63) is 34.6 Å². The van der Waals surface area contributed by atoms with Crippen molar-refractivity contribution in [3.63, 3.8) is 0 Å². The molecule has 0 saturated carbocycles. The maximum absolute atomic E-state index is 12.9. The Labute approximate surface area is 105 Å². The van der Waals surface area contributed by atoms with Gasteiger partial charge in [0, 0.05) is 19.0 Å². The molecule has 0 fully saturated rings. The highest BCUT2D eigenvalue weighted by atomic mass is 35.5. The third-order valence-electron chi connectivity index (χ3n) is 2.50. The van der Waals surface area contributed by atoms with Crippen LogP contribution in [0.3, 0.4) is 0 Å². The van der Waals surface area contributed by atoms with Crippen molar-refractivity contribution in [2.75, 3.05) is 13.1 Å². The summed E-state index contributed by atoms with van der Waals surface area (Å²) < 4.78 is 12.9. The van der Waals surface area contributed by atoms with Gasteiger partial charge in [0.15, 0.2) is 0 Å². The van der Waals surface area contributed by atoms with Crippen molar-refractivity contribution in [1.82, 2.24) is 5.32 Å². The minimum absolute atomic E-state index is 0.0688. The van der Waals surface area contributed by atoms with E-state index in [1.165, 1.54) is 6.07 Å². The molecule has 3 N–H and O–H groups in total. The van der Waals surface area contributed by atoms with Crippen molar-refractivity contribution in [1.29, 1.82) is 0 Å². The van der Waals surface area contributed by atoms with E-state index in [1.54, 1.807) is 19.1 Å². The quantitative estimate of drug-likeness (QED) is 0.845. The van der Waals surface area contributed by atoms with Crippen molar-refractivity contribution in [2.24, 2.45) is 11.7 Å². The summed E-state index contributed by atoms with van der Waals surface area (Å²) in [7, 11) is 0. The second-order valence-corrected chi connectivity index (χ2v) is 4.33. The first-order valence-electron chi connectivity index (χ1n) is 5.46. The monoisotopic (exact) mass is 258 g/mol. The number of amides is 1. The van der Waals surface area contributed by atoms with E-state index in [1.807, 2.05) is 0 Å². The van der Waals surface area contributed by atoms with Gasteiger partial charge >= 0.3 is 0 Å². The second kappa shape index (κ2) is 6.57. The van der Waals surface area contributed by atoms with E-state index in [4.69, 9.17) is 17.3 Å². The van der Waals surface area contributed by atoms with E-state index in [-0.39, 0.29) is 16.8 Å². The minimum atomic E-state index is -0.434. The molecule has 5 heteroatoms. The molecule has 1 amide bonds. The van der Waals surface area contributed by atoms with Gasteiger partial charge in [0.1, 0.15) is 5.82 Å². The van der Waals surface area contributed by atoms with Gasteiger partial charge in [-0.25, -0.2) is 4.39 Å². The summed E-state index contributed by atoms with van der Waals surface area (Å²) in [6, 6.07) is 4.54. The summed E-state index contributed by atoms with van der Waals surface area (Å²) in [5.74, 6) is -0.691. The molecule has 0 aliphatic rings. The van der Waals surface area contributed by atoms with Crippen molar-refractivity contribution in [2.45, 2.75) is 13.3 Å². The molecular formula is C12H16ClFN2O. The second-order valence-electron chi connectivity index (χ2n) is 3.93. The van der Waals surface area contributed by atoms with E-state index >= 15 is 0 Å². The summed E-state index contributed by atoms with van der Waals surface area (Å²) in [6.45, 7) is 2.59. The average molecular weight is 259 g/mol. The van der Waals surface area contributed by atoms with Crippen LogP contribution in [0.5, 0.6) is 0 Å². The molecule has 0 bridgehead atoms. The van der Waals surface area contributed by atoms with Crippen LogP contribution in [0.2, 0.25) is 5.02 Å². The van der Waals surface area contributed by atoms with Gasteiger partial charge in [-0.15, -0.1) is 0 Å². The molecule has 0 aliphatic carbocycles. The fraction of sp³-hybridized carbons (Fsp3) is 0.417. The summed E-state index contributed by atoms with van der Waals surface area (Å²) in [5, 5.41) is 2.86. The van der Waals surface area contributed by atoms with Crippen LogP contribution >= 0.6 is 11.6 Å². The zero-order chi connectivity index (χ0) is 12.8. The molecule has 0 spiro atoms. The number of rotatable bonds is 5. The zero-order valence-corrected chi connectivity index (χ0v) is 10.4. The molecule has 17 heavy (non-hydrogen) atoms. The normalized spacial score (nSPS) is 12.2. The molecule has 3 nitrogen and oxygen atoms in total. The number of nitrogens with one attached hydrogen (secondary N) is 1. The van der Waals surface area contributed by atoms with Crippen LogP contribution in [-0.2, 0) is 11.2 Å². The average Bonchev–Trinajstić information content (AvgIpc) is 2.32. The molecule has 1 aromatic rings. The Balaban J connectivity index is 2.41. The zero-order valence-electron chi connectivity index (χ0n) is 9.67. The maximum Gasteiger partial charge on any atom is 0.224 e. The lowest BCUT2D eigenvalue weighted by Crippen LogP contribution is -2.34. The Kier molecular flexibility index (Phi) is 5.38. The molecule has 0 aromatic heterocycles. The number of benzene rings is 1. The van der Waals surface area contributed by atoms with Gasteiger partial charge in [0.2, 0.25) is 5.91 Å². The summed E-state index contributed by atoms with van der Waals surface area (Å²) >= 11 is 5.65. The lowest BCUT2D eigenvalue weighted by atomic mass is 10.1. The lowest BCUT2D eigenvalue weighted by Gasteiger charge is -2.09. The number of hydrogen-bond donors (Lipinski definition) is 2. The number of hydrogen-bond acceptors (Lipinski definition) is 2. The lowest BCUT2D eigenvalue weighted by molar-refractivity contribution is -0.124. The predicted octanol–water partition coefficient (Wildman–Crippen LogP) is 1.73. The van der Waals surface area contributed by atoms with Gasteiger partial charge in [0.05, 0.1) is 5.02 Å². The van der Waals surface area contributed by atoms with E-state index < -0.39 is 5.82 Å². The van der Waals surface area contributed by atoms with Crippen LogP contribution in [0.15, 0.2) is 18.2 Å². The Morgan fingerprint density at radius 1 is 1.59 bits per heavy atom. The van der Waals surface area contributed by atoms with Gasteiger partial charge in [-0.3, -0.25) is 4.79 Å². The minimum Gasteiger partial charge on any atom is -0.355 e. The van der Waals surface area contributed by atoms with Gasteiger partial charge in [-0.1, -0.05) is 24.6 Å². The standard InChI is InChI=1S/C12H16ClFN2O/c1-8(7-15)12(17)16-5-4-9-2-3-11(14)10(13)6-9/h2-3,6,8H,4-5,7,15H2,1H3,(H,16,17). The van der Waals surface area contributed by atoms with Crippen molar-refractivity contribution >= 4 is 17.5 Å². The van der Waals surface area contributed by atoms with Crippen LogP contribution in [-0.4, -0.2) is 19.0 Å². The molecule has 0 heterocycles. The molecule has 1 unspecified atom stereocenters. The van der Waals surface area contributed by atoms with Crippen LogP contribution in [0.1, 0.15) is 12.5 Å². The number of carbonyl (C=O) groups excluding carboxylic acids is 1. The van der Waals surface area contributed by atoms with E-state index in [2.05, 4.69) is 5.32 Å². The van der Waals surface area contributed by atoms with Crippen LogP contribution in [0, 0.1) is 11.7 Å². The highest BCUT2D eigenvalue weighted by molar-refractivity contribution is 6.30. The third-order valence-corrected chi connectivity index (χ3v) is 2.79. The third kappa shape index (κ3) is 4.32. The molecule has 94 valence electrons. The van der Waals surface area contributed by atoms with Crippen LogP contribution < -0.4 is 11.1 Å². The number of halogens is 2. The predicted molar refractivity (Wildman–Crippen MR) is 66.3 cm³/mol.